The van der Waals surface area contributed by atoms with Crippen molar-refractivity contribution in [1.82, 2.24) is 4.90 Å². The van der Waals surface area contributed by atoms with Crippen LogP contribution >= 0.6 is 0 Å². The number of carboxylic acids is 1. The molecule has 1 aromatic rings. The summed E-state index contributed by atoms with van der Waals surface area (Å²) in [6, 6.07) is 7.22. The van der Waals surface area contributed by atoms with E-state index in [2.05, 4.69) is 0 Å². The molecule has 1 aliphatic rings. The molecule has 0 saturated heterocycles. The highest BCUT2D eigenvalue weighted by atomic mass is 16.4. The summed E-state index contributed by atoms with van der Waals surface area (Å²) in [6.45, 7) is 0. The lowest BCUT2D eigenvalue weighted by Gasteiger charge is -2.10. The number of carbonyl (C=O) groups is 2. The lowest BCUT2D eigenvalue weighted by Crippen LogP contribution is -2.21. The molecule has 0 spiro atoms. The van der Waals surface area contributed by atoms with Crippen LogP contribution in [-0.2, 0) is 4.79 Å². The van der Waals surface area contributed by atoms with E-state index < -0.39 is 5.97 Å². The van der Waals surface area contributed by atoms with E-state index in [1.165, 1.54) is 4.90 Å². The van der Waals surface area contributed by atoms with E-state index in [1.807, 2.05) is 12.1 Å². The SMILES string of the molecule is CN(C)C(=O)c1ccc(C2CC2C(=O)O)cc1. The number of benzene rings is 1. The summed E-state index contributed by atoms with van der Waals surface area (Å²) in [5.41, 5.74) is 1.64. The smallest absolute Gasteiger partial charge is 0.307 e. The topological polar surface area (TPSA) is 57.6 Å². The van der Waals surface area contributed by atoms with Gasteiger partial charge in [0.2, 0.25) is 0 Å². The number of hydrogen-bond acceptors (Lipinski definition) is 2. The van der Waals surface area contributed by atoms with Crippen LogP contribution in [0, 0.1) is 5.92 Å². The maximum atomic E-state index is 11.6. The van der Waals surface area contributed by atoms with Gasteiger partial charge in [-0.2, -0.15) is 0 Å². The molecule has 4 heteroatoms. The van der Waals surface area contributed by atoms with Gasteiger partial charge in [0, 0.05) is 19.7 Å². The average Bonchev–Trinajstić information content (AvgIpc) is 3.08. The second-order valence-electron chi connectivity index (χ2n) is 4.61. The fourth-order valence-corrected chi connectivity index (χ4v) is 1.97. The van der Waals surface area contributed by atoms with Crippen LogP contribution in [0.15, 0.2) is 24.3 Å². The molecule has 0 bridgehead atoms. The molecule has 1 aromatic carbocycles. The minimum atomic E-state index is -0.733. The molecule has 2 rings (SSSR count). The van der Waals surface area contributed by atoms with E-state index in [9.17, 15) is 9.59 Å². The Morgan fingerprint density at radius 1 is 1.24 bits per heavy atom. The number of amides is 1. The van der Waals surface area contributed by atoms with Gasteiger partial charge in [0.15, 0.2) is 0 Å². The van der Waals surface area contributed by atoms with E-state index in [1.54, 1.807) is 26.2 Å². The fourth-order valence-electron chi connectivity index (χ4n) is 1.97. The summed E-state index contributed by atoms with van der Waals surface area (Å²) >= 11 is 0. The first kappa shape index (κ1) is 11.6. The standard InChI is InChI=1S/C13H15NO3/c1-14(2)12(15)9-5-3-8(4-6-9)10-7-11(10)13(16)17/h3-6,10-11H,7H2,1-2H3,(H,16,17). The molecule has 17 heavy (non-hydrogen) atoms. The van der Waals surface area contributed by atoms with E-state index in [4.69, 9.17) is 5.11 Å². The molecule has 4 nitrogen and oxygen atoms in total. The first-order valence-electron chi connectivity index (χ1n) is 5.55. The molecule has 2 unspecified atom stereocenters. The third-order valence-corrected chi connectivity index (χ3v) is 3.10. The summed E-state index contributed by atoms with van der Waals surface area (Å²) in [7, 11) is 3.41. The Kier molecular flexibility index (Phi) is 2.88. The molecule has 0 aliphatic heterocycles. The van der Waals surface area contributed by atoms with Crippen molar-refractivity contribution >= 4 is 11.9 Å². The zero-order chi connectivity index (χ0) is 12.6. The normalized spacial score (nSPS) is 22.0. The lowest BCUT2D eigenvalue weighted by molar-refractivity contribution is -0.138. The highest BCUT2D eigenvalue weighted by Crippen LogP contribution is 2.47. The second kappa shape index (κ2) is 4.20. The Bertz CT molecular complexity index is 450. The number of carbonyl (C=O) groups excluding carboxylic acids is 1. The maximum Gasteiger partial charge on any atom is 0.307 e. The number of carboxylic acid groups (broad SMARTS) is 1. The Balaban J connectivity index is 2.10. The molecule has 2 atom stereocenters. The zero-order valence-corrected chi connectivity index (χ0v) is 9.88. The van der Waals surface area contributed by atoms with Crippen molar-refractivity contribution in [2.45, 2.75) is 12.3 Å². The van der Waals surface area contributed by atoms with Crippen molar-refractivity contribution < 1.29 is 14.7 Å². The van der Waals surface area contributed by atoms with E-state index in [0.717, 1.165) is 5.56 Å². The largest absolute Gasteiger partial charge is 0.481 e. The van der Waals surface area contributed by atoms with Gasteiger partial charge in [-0.3, -0.25) is 9.59 Å². The fraction of sp³-hybridized carbons (Fsp3) is 0.385. The van der Waals surface area contributed by atoms with Gasteiger partial charge in [0.1, 0.15) is 0 Å². The summed E-state index contributed by atoms with van der Waals surface area (Å²) in [5.74, 6) is -0.896. The Labute approximate surface area is 99.9 Å². The van der Waals surface area contributed by atoms with Crippen molar-refractivity contribution in [3.63, 3.8) is 0 Å². The minimum Gasteiger partial charge on any atom is -0.481 e. The van der Waals surface area contributed by atoms with Crippen molar-refractivity contribution in [1.29, 1.82) is 0 Å². The molecule has 90 valence electrons. The number of hydrogen-bond donors (Lipinski definition) is 1. The van der Waals surface area contributed by atoms with E-state index >= 15 is 0 Å². The maximum absolute atomic E-state index is 11.6. The predicted molar refractivity (Wildman–Crippen MR) is 62.9 cm³/mol. The molecule has 0 aromatic heterocycles. The number of rotatable bonds is 3. The molecular formula is C13H15NO3. The first-order valence-corrected chi connectivity index (χ1v) is 5.55. The monoisotopic (exact) mass is 233 g/mol. The molecule has 1 amide bonds. The first-order chi connectivity index (χ1) is 8.00. The Morgan fingerprint density at radius 3 is 2.24 bits per heavy atom. The van der Waals surface area contributed by atoms with Crippen LogP contribution in [0.4, 0.5) is 0 Å². The summed E-state index contributed by atoms with van der Waals surface area (Å²) in [4.78, 5) is 23.9. The van der Waals surface area contributed by atoms with Crippen LogP contribution in [0.2, 0.25) is 0 Å². The van der Waals surface area contributed by atoms with Gasteiger partial charge < -0.3 is 10.0 Å². The third-order valence-electron chi connectivity index (χ3n) is 3.10. The van der Waals surface area contributed by atoms with Gasteiger partial charge in [0.25, 0.3) is 5.91 Å². The Hall–Kier alpha value is -1.84. The highest BCUT2D eigenvalue weighted by molar-refractivity contribution is 5.93. The number of nitrogens with zero attached hydrogens (tertiary/aromatic N) is 1. The minimum absolute atomic E-state index is 0.0397. The van der Waals surface area contributed by atoms with Gasteiger partial charge >= 0.3 is 5.97 Å². The lowest BCUT2D eigenvalue weighted by atomic mass is 10.1. The van der Waals surface area contributed by atoms with Crippen LogP contribution < -0.4 is 0 Å². The number of aliphatic carboxylic acids is 1. The van der Waals surface area contributed by atoms with E-state index in [-0.39, 0.29) is 17.7 Å². The molecule has 0 heterocycles. The zero-order valence-electron chi connectivity index (χ0n) is 9.88. The predicted octanol–water partition coefficient (Wildman–Crippen LogP) is 1.58. The van der Waals surface area contributed by atoms with Gasteiger partial charge in [-0.15, -0.1) is 0 Å². The van der Waals surface area contributed by atoms with Crippen LogP contribution in [0.25, 0.3) is 0 Å². The molecule has 1 saturated carbocycles. The molecule has 1 fully saturated rings. The Morgan fingerprint density at radius 2 is 1.82 bits per heavy atom. The van der Waals surface area contributed by atoms with Crippen molar-refractivity contribution in [2.24, 2.45) is 5.92 Å². The van der Waals surface area contributed by atoms with Gasteiger partial charge in [0.05, 0.1) is 5.92 Å². The van der Waals surface area contributed by atoms with Gasteiger partial charge in [-0.1, -0.05) is 12.1 Å². The van der Waals surface area contributed by atoms with E-state index in [0.29, 0.717) is 12.0 Å². The molecular weight excluding hydrogens is 218 g/mol. The van der Waals surface area contributed by atoms with Crippen LogP contribution in [0.3, 0.4) is 0 Å². The summed E-state index contributed by atoms with van der Waals surface area (Å²) in [5, 5.41) is 8.84. The average molecular weight is 233 g/mol. The van der Waals surface area contributed by atoms with Crippen LogP contribution in [0.5, 0.6) is 0 Å². The molecule has 1 aliphatic carbocycles. The van der Waals surface area contributed by atoms with Gasteiger partial charge in [-0.05, 0) is 30.0 Å². The van der Waals surface area contributed by atoms with Crippen molar-refractivity contribution in [2.75, 3.05) is 14.1 Å². The van der Waals surface area contributed by atoms with Crippen LogP contribution in [-0.4, -0.2) is 36.0 Å². The molecule has 0 radical (unpaired) electrons. The third kappa shape index (κ3) is 2.30. The summed E-state index contributed by atoms with van der Waals surface area (Å²) in [6.07, 6.45) is 0.705. The quantitative estimate of drug-likeness (QED) is 0.862. The summed E-state index contributed by atoms with van der Waals surface area (Å²) < 4.78 is 0. The van der Waals surface area contributed by atoms with Crippen LogP contribution in [0.1, 0.15) is 28.3 Å². The van der Waals surface area contributed by atoms with Gasteiger partial charge in [-0.25, -0.2) is 0 Å². The van der Waals surface area contributed by atoms with Crippen molar-refractivity contribution in [3.8, 4) is 0 Å². The van der Waals surface area contributed by atoms with Crippen molar-refractivity contribution in [3.05, 3.63) is 35.4 Å². The second-order valence-corrected chi connectivity index (χ2v) is 4.61. The highest BCUT2D eigenvalue weighted by Gasteiger charge is 2.44. The molecule has 1 N–H and O–H groups in total.